The summed E-state index contributed by atoms with van der Waals surface area (Å²) in [4.78, 5) is 22.7. The topological polar surface area (TPSA) is 95.1 Å². The molecule has 1 aromatic rings. The second-order valence-corrected chi connectivity index (χ2v) is 5.44. The normalized spacial score (nSPS) is 25.7. The minimum Gasteiger partial charge on any atom is -0.481 e. The number of H-pyrrole nitrogens is 1. The number of carboxylic acid groups (broad SMARTS) is 1. The number of carbonyl (C=O) groups excluding carboxylic acids is 1. The molecule has 0 radical (unpaired) electrons. The summed E-state index contributed by atoms with van der Waals surface area (Å²) in [6.07, 6.45) is 3.65. The molecular formula is C13H17N3O3. The summed E-state index contributed by atoms with van der Waals surface area (Å²) < 4.78 is 0. The molecule has 2 aliphatic carbocycles. The lowest BCUT2D eigenvalue weighted by molar-refractivity contribution is -0.152. The van der Waals surface area contributed by atoms with E-state index in [9.17, 15) is 9.59 Å². The van der Waals surface area contributed by atoms with Gasteiger partial charge >= 0.3 is 5.97 Å². The van der Waals surface area contributed by atoms with E-state index in [0.717, 1.165) is 11.4 Å². The Labute approximate surface area is 110 Å². The fourth-order valence-corrected chi connectivity index (χ4v) is 2.48. The van der Waals surface area contributed by atoms with Crippen LogP contribution in [0.15, 0.2) is 6.07 Å². The van der Waals surface area contributed by atoms with Gasteiger partial charge in [-0.15, -0.1) is 0 Å². The van der Waals surface area contributed by atoms with Gasteiger partial charge in [0, 0.05) is 5.92 Å². The van der Waals surface area contributed by atoms with Crippen molar-refractivity contribution in [3.8, 4) is 0 Å². The van der Waals surface area contributed by atoms with E-state index in [0.29, 0.717) is 25.3 Å². The number of hydrogen-bond acceptors (Lipinski definition) is 3. The second-order valence-electron chi connectivity index (χ2n) is 5.44. The molecule has 6 heteroatoms. The predicted octanol–water partition coefficient (Wildman–Crippen LogP) is 1.01. The van der Waals surface area contributed by atoms with Gasteiger partial charge in [0.2, 0.25) is 5.91 Å². The van der Waals surface area contributed by atoms with E-state index in [1.54, 1.807) is 0 Å². The molecule has 0 aromatic carbocycles. The summed E-state index contributed by atoms with van der Waals surface area (Å²) >= 11 is 0. The molecule has 6 nitrogen and oxygen atoms in total. The molecule has 0 spiro atoms. The van der Waals surface area contributed by atoms with Gasteiger partial charge in [-0.3, -0.25) is 14.7 Å². The Morgan fingerprint density at radius 1 is 1.32 bits per heavy atom. The number of aromatic nitrogens is 2. The highest BCUT2D eigenvalue weighted by Crippen LogP contribution is 2.39. The van der Waals surface area contributed by atoms with Crippen LogP contribution in [-0.2, 0) is 16.1 Å². The first kappa shape index (κ1) is 12.2. The third-order valence-corrected chi connectivity index (χ3v) is 4.03. The van der Waals surface area contributed by atoms with Gasteiger partial charge < -0.3 is 10.4 Å². The van der Waals surface area contributed by atoms with E-state index in [1.165, 1.54) is 12.8 Å². The maximum atomic E-state index is 11.9. The summed E-state index contributed by atoms with van der Waals surface area (Å²) in [6, 6.07) is 1.98. The number of aromatic amines is 1. The number of nitrogens with one attached hydrogen (secondary N) is 2. The van der Waals surface area contributed by atoms with E-state index < -0.39 is 11.9 Å². The van der Waals surface area contributed by atoms with E-state index in [-0.39, 0.29) is 11.8 Å². The molecule has 0 aliphatic heterocycles. The lowest BCUT2D eigenvalue weighted by atomic mass is 9.73. The van der Waals surface area contributed by atoms with Gasteiger partial charge in [0.05, 0.1) is 29.8 Å². The van der Waals surface area contributed by atoms with Gasteiger partial charge in [-0.1, -0.05) is 0 Å². The number of hydrogen-bond donors (Lipinski definition) is 3. The molecule has 3 N–H and O–H groups in total. The van der Waals surface area contributed by atoms with Crippen molar-refractivity contribution in [2.75, 3.05) is 0 Å². The predicted molar refractivity (Wildman–Crippen MR) is 66.3 cm³/mol. The van der Waals surface area contributed by atoms with Crippen LogP contribution in [0, 0.1) is 11.8 Å². The van der Waals surface area contributed by atoms with Crippen molar-refractivity contribution in [1.29, 1.82) is 0 Å². The summed E-state index contributed by atoms with van der Waals surface area (Å²) in [5, 5.41) is 18.8. The van der Waals surface area contributed by atoms with E-state index in [1.807, 2.05) is 6.07 Å². The molecule has 19 heavy (non-hydrogen) atoms. The van der Waals surface area contributed by atoms with Gasteiger partial charge in [-0.05, 0) is 31.7 Å². The third kappa shape index (κ3) is 2.47. The average Bonchev–Trinajstić information content (AvgIpc) is 3.04. The van der Waals surface area contributed by atoms with Crippen LogP contribution in [0.2, 0.25) is 0 Å². The Morgan fingerprint density at radius 2 is 2.05 bits per heavy atom. The average molecular weight is 263 g/mol. The van der Waals surface area contributed by atoms with Crippen molar-refractivity contribution < 1.29 is 14.7 Å². The molecule has 2 aliphatic rings. The number of carbonyl (C=O) groups is 2. The van der Waals surface area contributed by atoms with Crippen molar-refractivity contribution >= 4 is 11.9 Å². The first-order chi connectivity index (χ1) is 9.15. The molecule has 2 saturated carbocycles. The van der Waals surface area contributed by atoms with Crippen molar-refractivity contribution in [2.24, 2.45) is 11.8 Å². The maximum Gasteiger partial charge on any atom is 0.307 e. The Kier molecular flexibility index (Phi) is 3.00. The molecule has 3 rings (SSSR count). The molecule has 0 saturated heterocycles. The zero-order valence-electron chi connectivity index (χ0n) is 10.6. The van der Waals surface area contributed by atoms with E-state index in [2.05, 4.69) is 15.5 Å². The van der Waals surface area contributed by atoms with Crippen LogP contribution in [-0.4, -0.2) is 27.2 Å². The van der Waals surface area contributed by atoms with Crippen LogP contribution < -0.4 is 5.32 Å². The fraction of sp³-hybridized carbons (Fsp3) is 0.615. The first-order valence-electron chi connectivity index (χ1n) is 6.70. The Bertz CT molecular complexity index is 507. The van der Waals surface area contributed by atoms with Gasteiger partial charge in [0.1, 0.15) is 0 Å². The molecule has 2 fully saturated rings. The quantitative estimate of drug-likeness (QED) is 0.739. The minimum absolute atomic E-state index is 0.166. The number of nitrogens with zero attached hydrogens (tertiary/aromatic N) is 1. The standard InChI is InChI=1S/C13H17N3O3/c17-12(9-3-4-10(9)13(18)19)14-6-8-5-11(16-15-8)7-1-2-7/h5,7,9-10H,1-4,6H2,(H,14,17)(H,15,16)(H,18,19)/t9-,10+/m0/s1. The lowest BCUT2D eigenvalue weighted by Crippen LogP contribution is -2.43. The van der Waals surface area contributed by atoms with Crippen LogP contribution >= 0.6 is 0 Å². The van der Waals surface area contributed by atoms with Crippen molar-refractivity contribution in [2.45, 2.75) is 38.1 Å². The van der Waals surface area contributed by atoms with Gasteiger partial charge in [0.25, 0.3) is 0 Å². The number of rotatable bonds is 5. The van der Waals surface area contributed by atoms with Crippen molar-refractivity contribution in [3.05, 3.63) is 17.5 Å². The Morgan fingerprint density at radius 3 is 2.63 bits per heavy atom. The molecule has 102 valence electrons. The van der Waals surface area contributed by atoms with Gasteiger partial charge in [-0.25, -0.2) is 0 Å². The summed E-state index contributed by atoms with van der Waals surface area (Å²) in [7, 11) is 0. The molecule has 2 atom stereocenters. The van der Waals surface area contributed by atoms with Gasteiger partial charge in [0.15, 0.2) is 0 Å². The Balaban J connectivity index is 1.51. The molecule has 1 aromatic heterocycles. The van der Waals surface area contributed by atoms with Crippen LogP contribution in [0.1, 0.15) is 43.0 Å². The number of carboxylic acids is 1. The van der Waals surface area contributed by atoms with E-state index >= 15 is 0 Å². The monoisotopic (exact) mass is 263 g/mol. The zero-order valence-corrected chi connectivity index (χ0v) is 10.6. The van der Waals surface area contributed by atoms with E-state index in [4.69, 9.17) is 5.11 Å². The SMILES string of the molecule is O=C(NCc1cc(C2CC2)n[nH]1)[C@H]1CC[C@H]1C(=O)O. The molecule has 0 bridgehead atoms. The fourth-order valence-electron chi connectivity index (χ4n) is 2.48. The molecule has 1 heterocycles. The summed E-state index contributed by atoms with van der Waals surface area (Å²) in [6.45, 7) is 0.390. The van der Waals surface area contributed by atoms with Crippen LogP contribution in [0.5, 0.6) is 0 Å². The van der Waals surface area contributed by atoms with Crippen LogP contribution in [0.4, 0.5) is 0 Å². The summed E-state index contributed by atoms with van der Waals surface area (Å²) in [5.74, 6) is -1.33. The number of aliphatic carboxylic acids is 1. The second kappa shape index (κ2) is 4.68. The maximum absolute atomic E-state index is 11.9. The van der Waals surface area contributed by atoms with Gasteiger partial charge in [-0.2, -0.15) is 5.10 Å². The highest BCUT2D eigenvalue weighted by Gasteiger charge is 2.41. The Hall–Kier alpha value is -1.85. The van der Waals surface area contributed by atoms with Crippen molar-refractivity contribution in [1.82, 2.24) is 15.5 Å². The third-order valence-electron chi connectivity index (χ3n) is 4.03. The highest BCUT2D eigenvalue weighted by atomic mass is 16.4. The molecule has 1 amide bonds. The number of amides is 1. The van der Waals surface area contributed by atoms with Crippen LogP contribution in [0.3, 0.4) is 0 Å². The smallest absolute Gasteiger partial charge is 0.307 e. The molecule has 0 unspecified atom stereocenters. The lowest BCUT2D eigenvalue weighted by Gasteiger charge is -2.31. The zero-order chi connectivity index (χ0) is 13.4. The largest absolute Gasteiger partial charge is 0.481 e. The summed E-state index contributed by atoms with van der Waals surface area (Å²) in [5.41, 5.74) is 1.94. The molecular weight excluding hydrogens is 246 g/mol. The first-order valence-corrected chi connectivity index (χ1v) is 6.70. The van der Waals surface area contributed by atoms with Crippen molar-refractivity contribution in [3.63, 3.8) is 0 Å². The van der Waals surface area contributed by atoms with Crippen LogP contribution in [0.25, 0.3) is 0 Å². The minimum atomic E-state index is -0.871. The highest BCUT2D eigenvalue weighted by molar-refractivity contribution is 5.86.